The average Bonchev–Trinajstić information content (AvgIpc) is 2.78. The van der Waals surface area contributed by atoms with Gasteiger partial charge in [-0.2, -0.15) is 0 Å². The lowest BCUT2D eigenvalue weighted by Crippen LogP contribution is -2.32. The molecule has 0 spiro atoms. The van der Waals surface area contributed by atoms with Gasteiger partial charge in [-0.05, 0) is 36.6 Å². The summed E-state index contributed by atoms with van der Waals surface area (Å²) in [5, 5.41) is 3.02. The fraction of sp³-hybridized carbons (Fsp3) is 0.278. The Hall–Kier alpha value is -2.29. The van der Waals surface area contributed by atoms with E-state index in [4.69, 9.17) is 4.74 Å². The van der Waals surface area contributed by atoms with Crippen LogP contribution in [-0.2, 0) is 16.6 Å². The fourth-order valence-corrected chi connectivity index (χ4v) is 3.05. The average molecular weight is 281 g/mol. The lowest BCUT2D eigenvalue weighted by atomic mass is 9.76. The largest absolute Gasteiger partial charge is 0.496 e. The number of amides is 1. The summed E-state index contributed by atoms with van der Waals surface area (Å²) in [6, 6.07) is 13.9. The normalized spacial score (nSPS) is 20.0. The summed E-state index contributed by atoms with van der Waals surface area (Å²) in [6.07, 6.45) is 0.953. The molecule has 3 heteroatoms. The molecule has 0 saturated carbocycles. The van der Waals surface area contributed by atoms with Crippen LogP contribution >= 0.6 is 0 Å². The van der Waals surface area contributed by atoms with Crippen molar-refractivity contribution in [2.75, 3.05) is 12.4 Å². The van der Waals surface area contributed by atoms with Crippen LogP contribution in [0, 0.1) is 0 Å². The lowest BCUT2D eigenvalue weighted by Gasteiger charge is -2.25. The van der Waals surface area contributed by atoms with Gasteiger partial charge in [-0.3, -0.25) is 4.79 Å². The molecular formula is C18H19NO2. The third-order valence-corrected chi connectivity index (χ3v) is 4.38. The van der Waals surface area contributed by atoms with Crippen LogP contribution in [0.15, 0.2) is 42.5 Å². The highest BCUT2D eigenvalue weighted by molar-refractivity contribution is 6.08. The molecule has 0 aliphatic carbocycles. The van der Waals surface area contributed by atoms with Crippen molar-refractivity contribution in [3.05, 3.63) is 59.2 Å². The van der Waals surface area contributed by atoms with Crippen molar-refractivity contribution >= 4 is 11.6 Å². The Bertz CT molecular complexity index is 708. The van der Waals surface area contributed by atoms with Crippen molar-refractivity contribution in [1.82, 2.24) is 0 Å². The molecule has 3 nitrogen and oxygen atoms in total. The standard InChI is InChI=1S/C18H19NO2/c1-4-12-9-10-13-15(11-12)19-17(20)18(13,2)14-7-5-6-8-16(14)21-3/h5-11H,4H2,1-3H3,(H,19,20). The van der Waals surface area contributed by atoms with Crippen LogP contribution in [0.2, 0.25) is 0 Å². The molecule has 0 radical (unpaired) electrons. The highest BCUT2D eigenvalue weighted by atomic mass is 16.5. The van der Waals surface area contributed by atoms with Crippen LogP contribution in [0.3, 0.4) is 0 Å². The molecule has 1 aliphatic heterocycles. The number of benzene rings is 2. The first-order valence-electron chi connectivity index (χ1n) is 7.19. The zero-order valence-electron chi connectivity index (χ0n) is 12.6. The summed E-state index contributed by atoms with van der Waals surface area (Å²) >= 11 is 0. The van der Waals surface area contributed by atoms with E-state index >= 15 is 0 Å². The third-order valence-electron chi connectivity index (χ3n) is 4.38. The Balaban J connectivity index is 2.21. The van der Waals surface area contributed by atoms with Crippen molar-refractivity contribution in [3.63, 3.8) is 0 Å². The van der Waals surface area contributed by atoms with E-state index in [0.717, 1.165) is 29.0 Å². The monoisotopic (exact) mass is 281 g/mol. The maximum absolute atomic E-state index is 12.7. The maximum atomic E-state index is 12.7. The van der Waals surface area contributed by atoms with Crippen LogP contribution < -0.4 is 10.1 Å². The lowest BCUT2D eigenvalue weighted by molar-refractivity contribution is -0.119. The number of fused-ring (bicyclic) bond motifs is 1. The van der Waals surface area contributed by atoms with Crippen molar-refractivity contribution in [1.29, 1.82) is 0 Å². The number of nitrogens with one attached hydrogen (secondary N) is 1. The first-order chi connectivity index (χ1) is 10.1. The molecule has 1 heterocycles. The molecule has 108 valence electrons. The molecule has 21 heavy (non-hydrogen) atoms. The summed E-state index contributed by atoms with van der Waals surface area (Å²) in [5.41, 5.74) is 3.32. The Morgan fingerprint density at radius 2 is 1.90 bits per heavy atom. The Kier molecular flexibility index (Phi) is 3.20. The van der Waals surface area contributed by atoms with E-state index in [1.807, 2.05) is 31.2 Å². The number of methoxy groups -OCH3 is 1. The van der Waals surface area contributed by atoms with Gasteiger partial charge < -0.3 is 10.1 Å². The fourth-order valence-electron chi connectivity index (χ4n) is 3.05. The van der Waals surface area contributed by atoms with Gasteiger partial charge in [-0.15, -0.1) is 0 Å². The second-order valence-electron chi connectivity index (χ2n) is 5.51. The van der Waals surface area contributed by atoms with E-state index in [1.165, 1.54) is 5.56 Å². The zero-order chi connectivity index (χ0) is 15.0. The predicted octanol–water partition coefficient (Wildman–Crippen LogP) is 3.52. The van der Waals surface area contributed by atoms with Gasteiger partial charge in [0.05, 0.1) is 7.11 Å². The predicted molar refractivity (Wildman–Crippen MR) is 83.9 cm³/mol. The van der Waals surface area contributed by atoms with Gasteiger partial charge in [0.2, 0.25) is 5.91 Å². The molecule has 2 aromatic rings. The Labute approximate surface area is 124 Å². The van der Waals surface area contributed by atoms with Crippen molar-refractivity contribution < 1.29 is 9.53 Å². The van der Waals surface area contributed by atoms with Gasteiger partial charge in [-0.1, -0.05) is 37.3 Å². The third kappa shape index (κ3) is 1.92. The number of ether oxygens (including phenoxy) is 1. The summed E-state index contributed by atoms with van der Waals surface area (Å²) < 4.78 is 5.45. The smallest absolute Gasteiger partial charge is 0.239 e. The first-order valence-corrected chi connectivity index (χ1v) is 7.19. The minimum atomic E-state index is -0.714. The molecule has 1 atom stereocenters. The Morgan fingerprint density at radius 1 is 1.14 bits per heavy atom. The number of para-hydroxylation sites is 1. The molecule has 1 aliphatic rings. The number of hydrogen-bond donors (Lipinski definition) is 1. The number of carbonyl (C=O) groups is 1. The molecule has 0 fully saturated rings. The van der Waals surface area contributed by atoms with E-state index in [-0.39, 0.29) is 5.91 Å². The summed E-state index contributed by atoms with van der Waals surface area (Å²) in [5.74, 6) is 0.734. The van der Waals surface area contributed by atoms with Crippen LogP contribution in [0.1, 0.15) is 30.5 Å². The highest BCUT2D eigenvalue weighted by Crippen LogP contribution is 2.45. The number of carbonyl (C=O) groups excluding carboxylic acids is 1. The van der Waals surface area contributed by atoms with Gasteiger partial charge >= 0.3 is 0 Å². The molecule has 3 rings (SSSR count). The van der Waals surface area contributed by atoms with E-state index in [9.17, 15) is 4.79 Å². The number of hydrogen-bond acceptors (Lipinski definition) is 2. The minimum absolute atomic E-state index is 0.00440. The highest BCUT2D eigenvalue weighted by Gasteiger charge is 2.45. The minimum Gasteiger partial charge on any atom is -0.496 e. The molecular weight excluding hydrogens is 262 g/mol. The molecule has 0 aromatic heterocycles. The second kappa shape index (κ2) is 4.92. The van der Waals surface area contributed by atoms with Crippen LogP contribution in [0.4, 0.5) is 5.69 Å². The summed E-state index contributed by atoms with van der Waals surface area (Å²) in [4.78, 5) is 12.7. The van der Waals surface area contributed by atoms with E-state index in [0.29, 0.717) is 0 Å². The molecule has 1 N–H and O–H groups in total. The quantitative estimate of drug-likeness (QED) is 0.935. The van der Waals surface area contributed by atoms with E-state index in [2.05, 4.69) is 30.4 Å². The van der Waals surface area contributed by atoms with Crippen molar-refractivity contribution in [2.24, 2.45) is 0 Å². The van der Waals surface area contributed by atoms with Gasteiger partial charge in [0.1, 0.15) is 11.2 Å². The molecule has 1 unspecified atom stereocenters. The van der Waals surface area contributed by atoms with Crippen LogP contribution in [0.25, 0.3) is 0 Å². The maximum Gasteiger partial charge on any atom is 0.239 e. The van der Waals surface area contributed by atoms with Crippen LogP contribution in [0.5, 0.6) is 5.75 Å². The van der Waals surface area contributed by atoms with E-state index < -0.39 is 5.41 Å². The number of anilines is 1. The molecule has 1 amide bonds. The second-order valence-corrected chi connectivity index (χ2v) is 5.51. The van der Waals surface area contributed by atoms with Crippen molar-refractivity contribution in [2.45, 2.75) is 25.7 Å². The molecule has 0 saturated heterocycles. The van der Waals surface area contributed by atoms with Crippen LogP contribution in [-0.4, -0.2) is 13.0 Å². The SMILES string of the molecule is CCc1ccc2c(c1)NC(=O)C2(C)c1ccccc1OC. The topological polar surface area (TPSA) is 38.3 Å². The number of rotatable bonds is 3. The summed E-state index contributed by atoms with van der Waals surface area (Å²) in [6.45, 7) is 4.07. The molecule has 2 aromatic carbocycles. The summed E-state index contributed by atoms with van der Waals surface area (Å²) in [7, 11) is 1.64. The molecule has 0 bridgehead atoms. The van der Waals surface area contributed by atoms with E-state index in [1.54, 1.807) is 7.11 Å². The van der Waals surface area contributed by atoms with Gasteiger partial charge in [0.25, 0.3) is 0 Å². The Morgan fingerprint density at radius 3 is 2.62 bits per heavy atom. The van der Waals surface area contributed by atoms with Gasteiger partial charge in [0, 0.05) is 11.3 Å². The van der Waals surface area contributed by atoms with Gasteiger partial charge in [0.15, 0.2) is 0 Å². The van der Waals surface area contributed by atoms with Gasteiger partial charge in [-0.25, -0.2) is 0 Å². The first kappa shape index (κ1) is 13.7. The zero-order valence-corrected chi connectivity index (χ0v) is 12.6. The number of aryl methyl sites for hydroxylation is 1. The van der Waals surface area contributed by atoms with Crippen molar-refractivity contribution in [3.8, 4) is 5.75 Å².